The Labute approximate surface area is 140 Å². The Morgan fingerprint density at radius 2 is 1.87 bits per heavy atom. The summed E-state index contributed by atoms with van der Waals surface area (Å²) in [6, 6.07) is 10.4. The van der Waals surface area contributed by atoms with Gasteiger partial charge in [0.2, 0.25) is 0 Å². The molecule has 1 aromatic rings. The number of piperazine rings is 1. The van der Waals surface area contributed by atoms with E-state index in [1.54, 1.807) is 0 Å². The zero-order chi connectivity index (χ0) is 16.5. The van der Waals surface area contributed by atoms with E-state index in [0.29, 0.717) is 5.92 Å². The molecule has 0 aromatic heterocycles. The Balaban J connectivity index is 1.65. The van der Waals surface area contributed by atoms with Crippen LogP contribution in [-0.4, -0.2) is 55.1 Å². The largest absolute Gasteiger partial charge is 0.338 e. The number of amides is 2. The van der Waals surface area contributed by atoms with Crippen molar-refractivity contribution in [3.8, 4) is 0 Å². The molecule has 1 N–H and O–H groups in total. The Morgan fingerprint density at radius 3 is 2.52 bits per heavy atom. The quantitative estimate of drug-likeness (QED) is 0.875. The summed E-state index contributed by atoms with van der Waals surface area (Å²) in [6.07, 6.45) is 5.40. The second-order valence-electron chi connectivity index (χ2n) is 6.52. The van der Waals surface area contributed by atoms with Gasteiger partial charge >= 0.3 is 6.03 Å². The average molecular weight is 315 g/mol. The molecule has 4 nitrogen and oxygen atoms in total. The third-order valence-electron chi connectivity index (χ3n) is 4.13. The van der Waals surface area contributed by atoms with Gasteiger partial charge in [0.15, 0.2) is 0 Å². The van der Waals surface area contributed by atoms with Crippen LogP contribution in [0.5, 0.6) is 0 Å². The number of carbonyl (C=O) groups is 1. The molecule has 0 bridgehead atoms. The van der Waals surface area contributed by atoms with E-state index < -0.39 is 0 Å². The van der Waals surface area contributed by atoms with Crippen LogP contribution in [-0.2, 0) is 0 Å². The van der Waals surface area contributed by atoms with E-state index in [1.165, 1.54) is 5.56 Å². The molecular formula is C19H29N3O. The van der Waals surface area contributed by atoms with Crippen LogP contribution in [0, 0.1) is 5.92 Å². The number of rotatable bonds is 6. The lowest BCUT2D eigenvalue weighted by molar-refractivity contribution is 0.146. The van der Waals surface area contributed by atoms with Gasteiger partial charge in [-0.3, -0.25) is 4.90 Å². The van der Waals surface area contributed by atoms with Crippen molar-refractivity contribution < 1.29 is 4.79 Å². The van der Waals surface area contributed by atoms with Crippen molar-refractivity contribution in [3.05, 3.63) is 42.0 Å². The summed E-state index contributed by atoms with van der Waals surface area (Å²) < 4.78 is 0. The zero-order valence-corrected chi connectivity index (χ0v) is 14.4. The lowest BCUT2D eigenvalue weighted by Crippen LogP contribution is -2.51. The first kappa shape index (κ1) is 17.5. The summed E-state index contributed by atoms with van der Waals surface area (Å²) in [5.74, 6) is 0.628. The van der Waals surface area contributed by atoms with Crippen molar-refractivity contribution in [2.45, 2.75) is 20.3 Å². The van der Waals surface area contributed by atoms with Crippen LogP contribution in [0.2, 0.25) is 0 Å². The van der Waals surface area contributed by atoms with Gasteiger partial charge in [-0.05, 0) is 17.9 Å². The molecule has 0 spiro atoms. The first-order valence-corrected chi connectivity index (χ1v) is 8.62. The fourth-order valence-electron chi connectivity index (χ4n) is 2.62. The smallest absolute Gasteiger partial charge is 0.317 e. The van der Waals surface area contributed by atoms with Gasteiger partial charge in [-0.15, -0.1) is 0 Å². The molecule has 0 radical (unpaired) electrons. The molecule has 1 aliphatic heterocycles. The lowest BCUT2D eigenvalue weighted by Gasteiger charge is -2.34. The maximum atomic E-state index is 12.1. The summed E-state index contributed by atoms with van der Waals surface area (Å²) in [7, 11) is 0. The van der Waals surface area contributed by atoms with Gasteiger partial charge in [0, 0.05) is 39.3 Å². The fraction of sp³-hybridized carbons (Fsp3) is 0.526. The molecule has 1 saturated heterocycles. The minimum absolute atomic E-state index is 0.0881. The molecule has 1 heterocycles. The third kappa shape index (κ3) is 6.45. The van der Waals surface area contributed by atoms with Crippen molar-refractivity contribution in [2.24, 2.45) is 5.92 Å². The molecular weight excluding hydrogens is 286 g/mol. The Kier molecular flexibility index (Phi) is 7.14. The van der Waals surface area contributed by atoms with Crippen molar-refractivity contribution >= 4 is 12.1 Å². The van der Waals surface area contributed by atoms with Crippen LogP contribution in [0.4, 0.5) is 4.79 Å². The van der Waals surface area contributed by atoms with Gasteiger partial charge < -0.3 is 10.2 Å². The number of nitrogens with one attached hydrogen (secondary N) is 1. The molecule has 2 amide bonds. The van der Waals surface area contributed by atoms with Crippen molar-refractivity contribution in [1.82, 2.24) is 15.1 Å². The van der Waals surface area contributed by atoms with E-state index in [-0.39, 0.29) is 6.03 Å². The van der Waals surface area contributed by atoms with Crippen LogP contribution in [0.1, 0.15) is 25.8 Å². The zero-order valence-electron chi connectivity index (χ0n) is 14.4. The average Bonchev–Trinajstić information content (AvgIpc) is 2.56. The first-order chi connectivity index (χ1) is 11.1. The number of hydrogen-bond acceptors (Lipinski definition) is 2. The van der Waals surface area contributed by atoms with Crippen LogP contribution in [0.15, 0.2) is 36.4 Å². The highest BCUT2D eigenvalue weighted by Crippen LogP contribution is 2.05. The molecule has 2 rings (SSSR count). The van der Waals surface area contributed by atoms with Crippen molar-refractivity contribution in [2.75, 3.05) is 39.3 Å². The molecule has 23 heavy (non-hydrogen) atoms. The molecule has 0 aliphatic carbocycles. The molecule has 126 valence electrons. The number of hydrogen-bond donors (Lipinski definition) is 1. The van der Waals surface area contributed by atoms with Gasteiger partial charge in [-0.2, -0.15) is 0 Å². The predicted octanol–water partition coefficient (Wildman–Crippen LogP) is 3.07. The van der Waals surface area contributed by atoms with Crippen molar-refractivity contribution in [3.63, 3.8) is 0 Å². The summed E-state index contributed by atoms with van der Waals surface area (Å²) >= 11 is 0. The SMILES string of the molecule is CC(C)CCNC(=O)N1CCN(C/C=C/c2ccccc2)CC1. The normalized spacial score (nSPS) is 16.2. The molecule has 4 heteroatoms. The van der Waals surface area contributed by atoms with Gasteiger partial charge in [-0.1, -0.05) is 56.3 Å². The van der Waals surface area contributed by atoms with E-state index in [4.69, 9.17) is 0 Å². The maximum absolute atomic E-state index is 12.1. The summed E-state index contributed by atoms with van der Waals surface area (Å²) in [5, 5.41) is 3.02. The van der Waals surface area contributed by atoms with Crippen LogP contribution in [0.3, 0.4) is 0 Å². The minimum atomic E-state index is 0.0881. The number of carbonyl (C=O) groups excluding carboxylic acids is 1. The highest BCUT2D eigenvalue weighted by molar-refractivity contribution is 5.74. The topological polar surface area (TPSA) is 35.6 Å². The predicted molar refractivity (Wildman–Crippen MR) is 96.3 cm³/mol. The molecule has 1 aromatic carbocycles. The highest BCUT2D eigenvalue weighted by atomic mass is 16.2. The third-order valence-corrected chi connectivity index (χ3v) is 4.13. The fourth-order valence-corrected chi connectivity index (χ4v) is 2.62. The Morgan fingerprint density at radius 1 is 1.17 bits per heavy atom. The molecule has 0 unspecified atom stereocenters. The second-order valence-corrected chi connectivity index (χ2v) is 6.52. The van der Waals surface area contributed by atoms with Crippen LogP contribution in [0.25, 0.3) is 6.08 Å². The summed E-state index contributed by atoms with van der Waals surface area (Å²) in [6.45, 7) is 9.57. The van der Waals surface area contributed by atoms with Gasteiger partial charge in [0.05, 0.1) is 0 Å². The van der Waals surface area contributed by atoms with E-state index >= 15 is 0 Å². The van der Waals surface area contributed by atoms with Gasteiger partial charge in [0.1, 0.15) is 0 Å². The van der Waals surface area contributed by atoms with E-state index in [0.717, 1.165) is 45.7 Å². The Hall–Kier alpha value is -1.81. The number of benzene rings is 1. The standard InChI is InChI=1S/C19H29N3O/c1-17(2)10-11-20-19(23)22-15-13-21(14-16-22)12-6-9-18-7-4-3-5-8-18/h3-9,17H,10-16H2,1-2H3,(H,20,23)/b9-6+. The second kappa shape index (κ2) is 9.36. The summed E-state index contributed by atoms with van der Waals surface area (Å²) in [5.41, 5.74) is 1.23. The first-order valence-electron chi connectivity index (χ1n) is 8.62. The van der Waals surface area contributed by atoms with E-state index in [1.807, 2.05) is 11.0 Å². The highest BCUT2D eigenvalue weighted by Gasteiger charge is 2.19. The van der Waals surface area contributed by atoms with Gasteiger partial charge in [-0.25, -0.2) is 4.79 Å². The maximum Gasteiger partial charge on any atom is 0.317 e. The van der Waals surface area contributed by atoms with Gasteiger partial charge in [0.25, 0.3) is 0 Å². The minimum Gasteiger partial charge on any atom is -0.338 e. The molecule has 0 atom stereocenters. The molecule has 0 saturated carbocycles. The molecule has 1 aliphatic rings. The Bertz CT molecular complexity index is 491. The number of nitrogens with zero attached hydrogens (tertiary/aromatic N) is 2. The molecule has 1 fully saturated rings. The lowest BCUT2D eigenvalue weighted by atomic mass is 10.1. The van der Waals surface area contributed by atoms with Crippen molar-refractivity contribution in [1.29, 1.82) is 0 Å². The monoisotopic (exact) mass is 315 g/mol. The van der Waals surface area contributed by atoms with E-state index in [9.17, 15) is 4.79 Å². The number of urea groups is 1. The van der Waals surface area contributed by atoms with E-state index in [2.05, 4.69) is 60.5 Å². The summed E-state index contributed by atoms with van der Waals surface area (Å²) in [4.78, 5) is 16.4. The van der Waals surface area contributed by atoms with Crippen LogP contribution >= 0.6 is 0 Å². The van der Waals surface area contributed by atoms with Crippen LogP contribution < -0.4 is 5.32 Å².